The molecule has 1 aliphatic carbocycles. The lowest BCUT2D eigenvalue weighted by Gasteiger charge is -2.31. The van der Waals surface area contributed by atoms with E-state index in [0.29, 0.717) is 5.41 Å². The van der Waals surface area contributed by atoms with Gasteiger partial charge in [0.1, 0.15) is 0 Å². The van der Waals surface area contributed by atoms with Gasteiger partial charge in [-0.05, 0) is 30.2 Å². The molecule has 1 unspecified atom stereocenters. The van der Waals surface area contributed by atoms with E-state index in [9.17, 15) is 0 Å². The van der Waals surface area contributed by atoms with Gasteiger partial charge in [-0.3, -0.25) is 0 Å². The zero-order valence-corrected chi connectivity index (χ0v) is 11.6. The topological polar surface area (TPSA) is 0 Å². The number of rotatable bonds is 2. The number of allylic oxidation sites excluding steroid dienone is 2. The molecule has 0 saturated carbocycles. The molecule has 94 valence electrons. The van der Waals surface area contributed by atoms with Crippen LogP contribution in [-0.4, -0.2) is 0 Å². The summed E-state index contributed by atoms with van der Waals surface area (Å²) in [6.07, 6.45) is 11.0. The van der Waals surface area contributed by atoms with Crippen LogP contribution in [0.2, 0.25) is 0 Å². The molecule has 0 heteroatoms. The molecular weight excluding hydrogens is 204 g/mol. The Balaban J connectivity index is 0.000000317. The maximum Gasteiger partial charge on any atom is -0.00379 e. The molecule has 1 aromatic rings. The molecule has 0 saturated heterocycles. The zero-order valence-electron chi connectivity index (χ0n) is 11.6. The summed E-state index contributed by atoms with van der Waals surface area (Å²) in [6.45, 7) is 6.73. The van der Waals surface area contributed by atoms with Crippen LogP contribution in [-0.2, 0) is 5.41 Å². The van der Waals surface area contributed by atoms with Crippen LogP contribution in [0.25, 0.3) is 0 Å². The fraction of sp³-hybridized carbons (Fsp3) is 0.529. The smallest absolute Gasteiger partial charge is 0.00379 e. The summed E-state index contributed by atoms with van der Waals surface area (Å²) >= 11 is 0. The Morgan fingerprint density at radius 3 is 2.12 bits per heavy atom. The first-order valence-corrected chi connectivity index (χ1v) is 6.93. The zero-order chi connectivity index (χ0) is 12.6. The van der Waals surface area contributed by atoms with E-state index in [1.165, 1.54) is 37.7 Å². The van der Waals surface area contributed by atoms with Gasteiger partial charge in [-0.25, -0.2) is 0 Å². The van der Waals surface area contributed by atoms with E-state index < -0.39 is 0 Å². The monoisotopic (exact) mass is 230 g/mol. The molecule has 0 aromatic heterocycles. The number of hydrogen-bond acceptors (Lipinski definition) is 0. The van der Waals surface area contributed by atoms with Gasteiger partial charge in [0.25, 0.3) is 0 Å². The molecule has 0 radical (unpaired) electrons. The Kier molecular flexibility index (Phi) is 6.04. The summed E-state index contributed by atoms with van der Waals surface area (Å²) in [4.78, 5) is 0. The predicted molar refractivity (Wildman–Crippen MR) is 77.4 cm³/mol. The van der Waals surface area contributed by atoms with Crippen LogP contribution in [0.15, 0.2) is 42.5 Å². The molecule has 0 heterocycles. The van der Waals surface area contributed by atoms with Gasteiger partial charge in [0.15, 0.2) is 0 Å². The van der Waals surface area contributed by atoms with Crippen LogP contribution >= 0.6 is 0 Å². The lowest BCUT2D eigenvalue weighted by Crippen LogP contribution is -2.22. The predicted octanol–water partition coefficient (Wildman–Crippen LogP) is 5.49. The summed E-state index contributed by atoms with van der Waals surface area (Å²) in [5.74, 6) is 0. The molecule has 2 rings (SSSR count). The number of unbranched alkanes of at least 4 members (excludes halogenated alkanes) is 1. The van der Waals surface area contributed by atoms with Crippen LogP contribution in [0.3, 0.4) is 0 Å². The Morgan fingerprint density at radius 1 is 1.00 bits per heavy atom. The van der Waals surface area contributed by atoms with Crippen molar-refractivity contribution in [3.63, 3.8) is 0 Å². The van der Waals surface area contributed by atoms with E-state index in [0.717, 1.165) is 0 Å². The lowest BCUT2D eigenvalue weighted by atomic mass is 9.73. The fourth-order valence-corrected chi connectivity index (χ4v) is 2.07. The van der Waals surface area contributed by atoms with Crippen molar-refractivity contribution in [2.45, 2.75) is 58.3 Å². The van der Waals surface area contributed by atoms with Gasteiger partial charge >= 0.3 is 0 Å². The molecule has 1 atom stereocenters. The molecule has 1 aromatic carbocycles. The minimum Gasteiger partial charge on any atom is -0.0885 e. The molecule has 17 heavy (non-hydrogen) atoms. The van der Waals surface area contributed by atoms with Crippen LogP contribution in [0, 0.1) is 0 Å². The van der Waals surface area contributed by atoms with Crippen molar-refractivity contribution in [2.24, 2.45) is 0 Å². The standard InChI is InChI=1S/C13H16.C4H10/c1-13(10-6-3-7-11-13)12-8-4-2-5-9-12;1-3-4-2/h2-6,8-9H,7,10-11H2,1H3;3-4H2,1-2H3. The quantitative estimate of drug-likeness (QED) is 0.589. The normalized spacial score (nSPS) is 22.8. The van der Waals surface area contributed by atoms with E-state index in [-0.39, 0.29) is 0 Å². The second kappa shape index (κ2) is 7.32. The molecule has 0 bridgehead atoms. The van der Waals surface area contributed by atoms with Gasteiger partial charge in [0, 0.05) is 0 Å². The Morgan fingerprint density at radius 2 is 1.65 bits per heavy atom. The number of hydrogen-bond donors (Lipinski definition) is 0. The van der Waals surface area contributed by atoms with Crippen LogP contribution in [0.1, 0.15) is 58.4 Å². The van der Waals surface area contributed by atoms with E-state index >= 15 is 0 Å². The molecule has 0 fully saturated rings. The second-order valence-corrected chi connectivity index (χ2v) is 5.14. The van der Waals surface area contributed by atoms with Gasteiger partial charge in [0.05, 0.1) is 0 Å². The van der Waals surface area contributed by atoms with Crippen molar-refractivity contribution >= 4 is 0 Å². The van der Waals surface area contributed by atoms with Crippen molar-refractivity contribution in [1.82, 2.24) is 0 Å². The minimum atomic E-state index is 0.385. The maximum atomic E-state index is 2.37. The summed E-state index contributed by atoms with van der Waals surface area (Å²) in [5, 5.41) is 0. The molecule has 0 nitrogen and oxygen atoms in total. The number of benzene rings is 1. The average Bonchev–Trinajstić information content (AvgIpc) is 2.41. The third-order valence-corrected chi connectivity index (χ3v) is 3.57. The summed E-state index contributed by atoms with van der Waals surface area (Å²) in [6, 6.07) is 10.9. The van der Waals surface area contributed by atoms with Crippen molar-refractivity contribution in [1.29, 1.82) is 0 Å². The highest BCUT2D eigenvalue weighted by Gasteiger charge is 2.25. The first kappa shape index (κ1) is 14.0. The van der Waals surface area contributed by atoms with Crippen molar-refractivity contribution in [2.75, 3.05) is 0 Å². The van der Waals surface area contributed by atoms with Crippen LogP contribution in [0.5, 0.6) is 0 Å². The highest BCUT2D eigenvalue weighted by atomic mass is 14.3. The molecule has 0 amide bonds. The summed E-state index contributed by atoms with van der Waals surface area (Å²) in [7, 11) is 0. The van der Waals surface area contributed by atoms with Crippen LogP contribution in [0.4, 0.5) is 0 Å². The first-order valence-electron chi connectivity index (χ1n) is 6.93. The first-order chi connectivity index (χ1) is 8.23. The maximum absolute atomic E-state index is 2.37. The SMILES string of the molecule is CC1(c2ccccc2)CC=CCC1.CCCC. The van der Waals surface area contributed by atoms with Gasteiger partial charge in [-0.1, -0.05) is 76.1 Å². The average molecular weight is 230 g/mol. The highest BCUT2D eigenvalue weighted by molar-refractivity contribution is 5.26. The van der Waals surface area contributed by atoms with Gasteiger partial charge in [-0.15, -0.1) is 0 Å². The molecule has 0 aliphatic heterocycles. The largest absolute Gasteiger partial charge is 0.0885 e. The van der Waals surface area contributed by atoms with E-state index in [4.69, 9.17) is 0 Å². The molecule has 0 N–H and O–H groups in total. The van der Waals surface area contributed by atoms with Crippen molar-refractivity contribution < 1.29 is 0 Å². The lowest BCUT2D eigenvalue weighted by molar-refractivity contribution is 0.428. The Labute approximate surface area is 107 Å². The summed E-state index contributed by atoms with van der Waals surface area (Å²) < 4.78 is 0. The molecular formula is C17H26. The van der Waals surface area contributed by atoms with E-state index in [2.05, 4.69) is 63.3 Å². The Bertz CT molecular complexity index is 321. The Hall–Kier alpha value is -1.04. The van der Waals surface area contributed by atoms with Crippen LogP contribution < -0.4 is 0 Å². The molecule has 1 aliphatic rings. The second-order valence-electron chi connectivity index (χ2n) is 5.14. The highest BCUT2D eigenvalue weighted by Crippen LogP contribution is 2.35. The third kappa shape index (κ3) is 4.38. The van der Waals surface area contributed by atoms with Crippen molar-refractivity contribution in [3.05, 3.63) is 48.0 Å². The van der Waals surface area contributed by atoms with Gasteiger partial charge in [0.2, 0.25) is 0 Å². The third-order valence-electron chi connectivity index (χ3n) is 3.57. The van der Waals surface area contributed by atoms with Gasteiger partial charge in [-0.2, -0.15) is 0 Å². The van der Waals surface area contributed by atoms with E-state index in [1.807, 2.05) is 0 Å². The summed E-state index contributed by atoms with van der Waals surface area (Å²) in [5.41, 5.74) is 1.87. The van der Waals surface area contributed by atoms with Gasteiger partial charge < -0.3 is 0 Å². The van der Waals surface area contributed by atoms with E-state index in [1.54, 1.807) is 0 Å². The molecule has 0 spiro atoms. The minimum absolute atomic E-state index is 0.385. The van der Waals surface area contributed by atoms with Crippen molar-refractivity contribution in [3.8, 4) is 0 Å². The fourth-order valence-electron chi connectivity index (χ4n) is 2.07.